The van der Waals surface area contributed by atoms with Crippen LogP contribution in [-0.4, -0.2) is 73.1 Å². The first-order chi connectivity index (χ1) is 25.0. The number of hydrogen-bond donors (Lipinski definition) is 0. The second-order valence-electron chi connectivity index (χ2n) is 11.2. The van der Waals surface area contributed by atoms with Gasteiger partial charge >= 0.3 is 24.3 Å². The van der Waals surface area contributed by atoms with Gasteiger partial charge in [-0.25, -0.2) is 19.3 Å². The van der Waals surface area contributed by atoms with Gasteiger partial charge < -0.3 is 18.6 Å². The van der Waals surface area contributed by atoms with E-state index in [0.717, 1.165) is 35.1 Å². The topological polar surface area (TPSA) is 170 Å². The molecule has 0 fully saturated rings. The fourth-order valence-electron chi connectivity index (χ4n) is 5.30. The molecule has 0 radical (unpaired) electrons. The summed E-state index contributed by atoms with van der Waals surface area (Å²) in [5, 5.41) is 18.7. The van der Waals surface area contributed by atoms with E-state index in [4.69, 9.17) is 14.2 Å². The molecule has 1 unspecified atom stereocenters. The largest absolute Gasteiger partial charge is 0.481 e. The number of nitrogens with zero attached hydrogens (tertiary/aromatic N) is 6. The zero-order valence-corrected chi connectivity index (χ0v) is 27.5. The number of benzene rings is 1. The molecule has 0 aliphatic heterocycles. The number of rotatable bonds is 13. The number of alkyl halides is 6. The van der Waals surface area contributed by atoms with Crippen LogP contribution in [0.4, 0.5) is 32.0 Å². The first kappa shape index (κ1) is 37.9. The number of hydrogen-bond acceptors (Lipinski definition) is 11. The van der Waals surface area contributed by atoms with E-state index in [9.17, 15) is 50.8 Å². The number of aromatic nitrogens is 5. The number of carbonyl (C=O) groups excluding carboxylic acids is 3. The normalized spacial score (nSPS) is 12.4. The Morgan fingerprint density at radius 3 is 2.28 bits per heavy atom. The quantitative estimate of drug-likeness (QED) is 0.0412. The number of pyridine rings is 2. The Labute approximate surface area is 294 Å². The van der Waals surface area contributed by atoms with Crippen LogP contribution in [0.2, 0.25) is 0 Å². The summed E-state index contributed by atoms with van der Waals surface area (Å²) < 4.78 is 99.3. The van der Waals surface area contributed by atoms with Crippen molar-refractivity contribution in [3.05, 3.63) is 105 Å². The molecule has 1 atom stereocenters. The number of fused-ring (bicyclic) bond motifs is 1. The highest BCUT2D eigenvalue weighted by atomic mass is 19.4. The van der Waals surface area contributed by atoms with E-state index in [-0.39, 0.29) is 58.3 Å². The van der Waals surface area contributed by atoms with Crippen LogP contribution in [0.1, 0.15) is 68.2 Å². The van der Waals surface area contributed by atoms with Crippen LogP contribution in [-0.2, 0) is 16.0 Å². The van der Waals surface area contributed by atoms with Crippen molar-refractivity contribution in [1.29, 1.82) is 0 Å². The molecule has 5 rings (SSSR count). The smallest absolute Gasteiger partial charge is 0.454 e. The molecule has 53 heavy (non-hydrogen) atoms. The molecule has 0 N–H and O–H groups in total. The number of ketones is 1. The van der Waals surface area contributed by atoms with E-state index in [1.807, 2.05) is 0 Å². The molecular formula is C33H26F6N6O8. The molecule has 0 aliphatic rings. The van der Waals surface area contributed by atoms with E-state index in [0.29, 0.717) is 0 Å². The van der Waals surface area contributed by atoms with E-state index in [2.05, 4.69) is 15.3 Å². The van der Waals surface area contributed by atoms with Crippen LogP contribution < -0.4 is 4.74 Å². The number of ether oxygens (including phenoxy) is 3. The third-order valence-corrected chi connectivity index (χ3v) is 7.67. The molecule has 0 saturated carbocycles. The van der Waals surface area contributed by atoms with Crippen molar-refractivity contribution in [2.45, 2.75) is 44.8 Å². The van der Waals surface area contributed by atoms with Gasteiger partial charge in [-0.2, -0.15) is 26.3 Å². The Bertz CT molecular complexity index is 2160. The SMILES string of the molecule is CCOC(=O)c1c(C(=O)C(F)(F)F)c2cc(Cn3cc(C(CCC(F)(F)F)OC(=O)c4ccc([N+](=O)[O-])cc4)nn3)ccn2c1-c1ccc(OC)nc1. The minimum absolute atomic E-state index is 0.127. The zero-order chi connectivity index (χ0) is 38.7. The summed E-state index contributed by atoms with van der Waals surface area (Å²) in [6, 6.07) is 9.61. The maximum absolute atomic E-state index is 14.0. The van der Waals surface area contributed by atoms with Crippen LogP contribution in [0, 0.1) is 10.1 Å². The van der Waals surface area contributed by atoms with Crippen LogP contribution in [0.15, 0.2) is 67.1 Å². The standard InChI is InChI=1S/C33H26F6N6O8/c1-3-52-31(48)27-26(29(46)33(37,38)39)23-14-18(11-13-44(23)28(27)20-6-9-25(51-2)40-15-20)16-43-17-22(41-42-43)24(10-12-32(34,35)36)53-30(47)19-4-7-21(8-5-19)45(49)50/h4-9,11,13-15,17,24H,3,10,12,16H2,1-2H3. The van der Waals surface area contributed by atoms with Crippen LogP contribution in [0.5, 0.6) is 5.88 Å². The molecule has 278 valence electrons. The Morgan fingerprint density at radius 2 is 1.70 bits per heavy atom. The molecule has 0 bridgehead atoms. The summed E-state index contributed by atoms with van der Waals surface area (Å²) in [5.74, 6) is -4.46. The molecule has 0 spiro atoms. The highest BCUT2D eigenvalue weighted by Gasteiger charge is 2.44. The van der Waals surface area contributed by atoms with Crippen molar-refractivity contribution in [2.24, 2.45) is 0 Å². The van der Waals surface area contributed by atoms with Gasteiger partial charge in [-0.05, 0) is 49.2 Å². The lowest BCUT2D eigenvalue weighted by atomic mass is 10.0. The number of esters is 2. The molecule has 14 nitrogen and oxygen atoms in total. The van der Waals surface area contributed by atoms with Gasteiger partial charge in [0.05, 0.1) is 59.3 Å². The van der Waals surface area contributed by atoms with Gasteiger partial charge in [0, 0.05) is 42.6 Å². The Hall–Kier alpha value is -6.34. The number of nitro groups is 1. The highest BCUT2D eigenvalue weighted by Crippen LogP contribution is 2.37. The molecule has 0 saturated heterocycles. The Kier molecular flexibility index (Phi) is 10.8. The molecule has 5 aromatic rings. The number of nitro benzene ring substituents is 1. The maximum atomic E-state index is 14.0. The van der Waals surface area contributed by atoms with Gasteiger partial charge in [-0.3, -0.25) is 14.9 Å². The summed E-state index contributed by atoms with van der Waals surface area (Å²) in [5.41, 5.74) is -2.48. The lowest BCUT2D eigenvalue weighted by molar-refractivity contribution is -0.384. The van der Waals surface area contributed by atoms with E-state index < -0.39 is 65.1 Å². The number of non-ortho nitro benzene ring substituents is 1. The number of Topliss-reactive ketones (excluding diaryl/α,β-unsaturated/α-hetero) is 1. The lowest BCUT2D eigenvalue weighted by Crippen LogP contribution is -2.25. The average molecular weight is 749 g/mol. The van der Waals surface area contributed by atoms with Crippen LogP contribution in [0.25, 0.3) is 16.8 Å². The van der Waals surface area contributed by atoms with Crippen molar-refractivity contribution in [2.75, 3.05) is 13.7 Å². The molecular weight excluding hydrogens is 722 g/mol. The highest BCUT2D eigenvalue weighted by molar-refractivity contribution is 6.17. The van der Waals surface area contributed by atoms with E-state index in [1.54, 1.807) is 0 Å². The molecule has 4 aromatic heterocycles. The molecule has 0 aliphatic carbocycles. The predicted octanol–water partition coefficient (Wildman–Crippen LogP) is 6.72. The summed E-state index contributed by atoms with van der Waals surface area (Å²) in [6.07, 6.45) is -10.1. The average Bonchev–Trinajstić information content (AvgIpc) is 3.71. The van der Waals surface area contributed by atoms with Crippen molar-refractivity contribution < 1.29 is 59.9 Å². The van der Waals surface area contributed by atoms with Crippen molar-refractivity contribution in [3.63, 3.8) is 0 Å². The van der Waals surface area contributed by atoms with Crippen molar-refractivity contribution >= 4 is 28.9 Å². The van der Waals surface area contributed by atoms with Crippen LogP contribution >= 0.6 is 0 Å². The fraction of sp³-hybridized carbons (Fsp3) is 0.273. The first-order valence-electron chi connectivity index (χ1n) is 15.4. The van der Waals surface area contributed by atoms with Gasteiger partial charge in [0.15, 0.2) is 0 Å². The predicted molar refractivity (Wildman–Crippen MR) is 169 cm³/mol. The third kappa shape index (κ3) is 8.59. The minimum atomic E-state index is -5.41. The number of halogens is 6. The van der Waals surface area contributed by atoms with E-state index >= 15 is 0 Å². The molecule has 20 heteroatoms. The zero-order valence-electron chi connectivity index (χ0n) is 27.5. The molecule has 1 aromatic carbocycles. The van der Waals surface area contributed by atoms with Gasteiger partial charge in [-0.15, -0.1) is 5.10 Å². The number of methoxy groups -OCH3 is 1. The third-order valence-electron chi connectivity index (χ3n) is 7.67. The van der Waals surface area contributed by atoms with Gasteiger partial charge in [0.25, 0.3) is 11.5 Å². The van der Waals surface area contributed by atoms with Gasteiger partial charge in [0.2, 0.25) is 5.88 Å². The summed E-state index contributed by atoms with van der Waals surface area (Å²) in [6.45, 7) is 0.950. The first-order valence-corrected chi connectivity index (χ1v) is 15.4. The maximum Gasteiger partial charge on any atom is 0.454 e. The monoisotopic (exact) mass is 748 g/mol. The second-order valence-corrected chi connectivity index (χ2v) is 11.2. The van der Waals surface area contributed by atoms with Crippen molar-refractivity contribution in [3.8, 4) is 17.1 Å². The Balaban J connectivity index is 1.53. The second kappa shape index (κ2) is 15.1. The summed E-state index contributed by atoms with van der Waals surface area (Å²) in [4.78, 5) is 53.2. The minimum Gasteiger partial charge on any atom is -0.481 e. The summed E-state index contributed by atoms with van der Waals surface area (Å²) >= 11 is 0. The lowest BCUT2D eigenvalue weighted by Gasteiger charge is -2.16. The van der Waals surface area contributed by atoms with Gasteiger partial charge in [-0.1, -0.05) is 5.21 Å². The fourth-order valence-corrected chi connectivity index (χ4v) is 5.30. The van der Waals surface area contributed by atoms with Crippen molar-refractivity contribution in [1.82, 2.24) is 24.4 Å². The summed E-state index contributed by atoms with van der Waals surface area (Å²) in [7, 11) is 1.34. The molecule has 0 amide bonds. The number of carbonyl (C=O) groups is 3. The Morgan fingerprint density at radius 1 is 0.981 bits per heavy atom. The van der Waals surface area contributed by atoms with Crippen LogP contribution in [0.3, 0.4) is 0 Å². The van der Waals surface area contributed by atoms with Gasteiger partial charge in [0.1, 0.15) is 11.8 Å². The molecule has 4 heterocycles. The van der Waals surface area contributed by atoms with E-state index in [1.165, 1.54) is 55.1 Å².